The molecule has 1 aliphatic rings. The molecule has 1 fully saturated rings. The van der Waals surface area contributed by atoms with Gasteiger partial charge in [0.15, 0.2) is 0 Å². The van der Waals surface area contributed by atoms with E-state index in [1.807, 2.05) is 11.8 Å². The van der Waals surface area contributed by atoms with E-state index in [1.165, 1.54) is 0 Å². The van der Waals surface area contributed by atoms with Gasteiger partial charge in [-0.3, -0.25) is 4.79 Å². The molecule has 1 amide bonds. The van der Waals surface area contributed by atoms with Crippen molar-refractivity contribution < 1.29 is 4.79 Å². The zero-order valence-corrected chi connectivity index (χ0v) is 6.85. The minimum Gasteiger partial charge on any atom is -0.344 e. The second-order valence-corrected chi connectivity index (χ2v) is 4.43. The maximum absolute atomic E-state index is 10.5. The number of nitrogens with one attached hydrogen (secondary N) is 1. The molecule has 0 aliphatic carbocycles. The Morgan fingerprint density at radius 1 is 1.78 bits per heavy atom. The Morgan fingerprint density at radius 2 is 2.56 bits per heavy atom. The molecule has 0 aromatic rings. The van der Waals surface area contributed by atoms with Crippen molar-refractivity contribution in [3.05, 3.63) is 0 Å². The average Bonchev–Trinajstić information content (AvgIpc) is 2.15. The van der Waals surface area contributed by atoms with Crippen molar-refractivity contribution >= 4 is 29.4 Å². The Morgan fingerprint density at radius 3 is 3.00 bits per heavy atom. The monoisotopic (exact) mass is 163 g/mol. The Hall–Kier alpha value is 0.170. The van der Waals surface area contributed by atoms with Gasteiger partial charge >= 0.3 is 0 Å². The van der Waals surface area contributed by atoms with Crippen LogP contribution in [0, 0.1) is 0 Å². The van der Waals surface area contributed by atoms with Gasteiger partial charge < -0.3 is 5.32 Å². The van der Waals surface area contributed by atoms with E-state index >= 15 is 0 Å². The van der Waals surface area contributed by atoms with E-state index < -0.39 is 0 Å². The summed E-state index contributed by atoms with van der Waals surface area (Å²) >= 11 is 3.67. The van der Waals surface area contributed by atoms with E-state index in [9.17, 15) is 4.79 Å². The van der Waals surface area contributed by atoms with Crippen LogP contribution in [0.1, 0.15) is 6.92 Å². The molecular formula is C5H9NOS2. The molecule has 0 spiro atoms. The molecule has 1 atom stereocenters. The van der Waals surface area contributed by atoms with Crippen molar-refractivity contribution in [2.24, 2.45) is 0 Å². The molecule has 1 N–H and O–H groups in total. The van der Waals surface area contributed by atoms with Gasteiger partial charge in [-0.2, -0.15) is 0 Å². The first-order valence-corrected chi connectivity index (χ1v) is 4.96. The highest BCUT2D eigenvalue weighted by Gasteiger charge is 2.15. The zero-order chi connectivity index (χ0) is 6.69. The first-order chi connectivity index (χ1) is 4.29. The van der Waals surface area contributed by atoms with E-state index in [1.54, 1.807) is 18.7 Å². The van der Waals surface area contributed by atoms with Crippen LogP contribution < -0.4 is 5.32 Å². The van der Waals surface area contributed by atoms with Crippen molar-refractivity contribution in [3.63, 3.8) is 0 Å². The summed E-state index contributed by atoms with van der Waals surface area (Å²) in [4.78, 5) is 10.5. The highest BCUT2D eigenvalue weighted by atomic mass is 32.2. The largest absolute Gasteiger partial charge is 0.344 e. The summed E-state index contributed by atoms with van der Waals surface area (Å²) < 4.78 is 0. The predicted octanol–water partition coefficient (Wildman–Crippen LogP) is 0.886. The third kappa shape index (κ3) is 2.49. The summed E-state index contributed by atoms with van der Waals surface area (Å²) in [5.41, 5.74) is 0. The van der Waals surface area contributed by atoms with Crippen LogP contribution in [0.4, 0.5) is 0 Å². The number of carbonyl (C=O) groups excluding carboxylic acids is 1. The van der Waals surface area contributed by atoms with Crippen molar-refractivity contribution in [2.75, 3.05) is 10.8 Å². The normalized spacial score (nSPS) is 26.1. The molecule has 0 aromatic heterocycles. The Bertz CT molecular complexity index is 112. The summed E-state index contributed by atoms with van der Waals surface area (Å²) in [6.45, 7) is 1.56. The number of hydrogen-bond acceptors (Lipinski definition) is 3. The van der Waals surface area contributed by atoms with Crippen molar-refractivity contribution in [1.29, 1.82) is 0 Å². The topological polar surface area (TPSA) is 29.1 Å². The first-order valence-electron chi connectivity index (χ1n) is 2.75. The van der Waals surface area contributed by atoms with Gasteiger partial charge in [0, 0.05) is 17.8 Å². The fraction of sp³-hybridized carbons (Fsp3) is 0.800. The van der Waals surface area contributed by atoms with Gasteiger partial charge in [-0.05, 0) is 0 Å². The molecule has 9 heavy (non-hydrogen) atoms. The van der Waals surface area contributed by atoms with Crippen LogP contribution in [0.3, 0.4) is 0 Å². The van der Waals surface area contributed by atoms with Crippen LogP contribution in [-0.2, 0) is 4.79 Å². The highest BCUT2D eigenvalue weighted by Crippen LogP contribution is 2.27. The van der Waals surface area contributed by atoms with Gasteiger partial charge in [-0.1, -0.05) is 0 Å². The zero-order valence-electron chi connectivity index (χ0n) is 5.22. The smallest absolute Gasteiger partial charge is 0.217 e. The van der Waals surface area contributed by atoms with Crippen LogP contribution in [0.2, 0.25) is 0 Å². The van der Waals surface area contributed by atoms with E-state index in [4.69, 9.17) is 0 Å². The maximum Gasteiger partial charge on any atom is 0.217 e. The molecule has 52 valence electrons. The van der Waals surface area contributed by atoms with Crippen molar-refractivity contribution in [3.8, 4) is 0 Å². The Labute approximate surface area is 63.2 Å². The van der Waals surface area contributed by atoms with Crippen LogP contribution in [0.5, 0.6) is 0 Å². The highest BCUT2D eigenvalue weighted by molar-refractivity contribution is 8.19. The average molecular weight is 163 g/mol. The van der Waals surface area contributed by atoms with Gasteiger partial charge in [0.2, 0.25) is 5.91 Å². The number of carbonyl (C=O) groups is 1. The summed E-state index contributed by atoms with van der Waals surface area (Å²) in [7, 11) is 0. The van der Waals surface area contributed by atoms with Gasteiger partial charge in [-0.15, -0.1) is 23.5 Å². The van der Waals surface area contributed by atoms with E-state index in [0.29, 0.717) is 5.37 Å². The lowest BCUT2D eigenvalue weighted by Crippen LogP contribution is -2.29. The SMILES string of the molecule is CC(=O)NC1CSCS1. The van der Waals surface area contributed by atoms with Gasteiger partial charge in [0.05, 0.1) is 5.37 Å². The second-order valence-electron chi connectivity index (χ2n) is 1.84. The van der Waals surface area contributed by atoms with Crippen LogP contribution in [0.15, 0.2) is 0 Å². The quantitative estimate of drug-likeness (QED) is 0.622. The Kier molecular flexibility index (Phi) is 2.72. The lowest BCUT2D eigenvalue weighted by atomic mass is 10.6. The third-order valence-corrected chi connectivity index (χ3v) is 3.66. The molecule has 2 nitrogen and oxygen atoms in total. The number of rotatable bonds is 1. The van der Waals surface area contributed by atoms with E-state index in [0.717, 1.165) is 10.8 Å². The van der Waals surface area contributed by atoms with Crippen LogP contribution in [-0.4, -0.2) is 22.1 Å². The molecule has 1 unspecified atom stereocenters. The summed E-state index contributed by atoms with van der Waals surface area (Å²) in [6, 6.07) is 0. The molecule has 1 aliphatic heterocycles. The summed E-state index contributed by atoms with van der Waals surface area (Å²) in [6.07, 6.45) is 0. The van der Waals surface area contributed by atoms with E-state index in [2.05, 4.69) is 5.32 Å². The van der Waals surface area contributed by atoms with Gasteiger partial charge in [0.25, 0.3) is 0 Å². The molecule has 0 aromatic carbocycles. The molecule has 1 saturated heterocycles. The minimum atomic E-state index is 0.0787. The van der Waals surface area contributed by atoms with Crippen LogP contribution in [0.25, 0.3) is 0 Å². The summed E-state index contributed by atoms with van der Waals surface area (Å²) in [5.74, 6) is 1.14. The molecule has 0 saturated carbocycles. The van der Waals surface area contributed by atoms with Crippen molar-refractivity contribution in [1.82, 2.24) is 5.32 Å². The lowest BCUT2D eigenvalue weighted by molar-refractivity contribution is -0.119. The molecule has 0 bridgehead atoms. The fourth-order valence-corrected chi connectivity index (χ4v) is 3.29. The molecule has 4 heteroatoms. The third-order valence-electron chi connectivity index (χ3n) is 0.986. The second kappa shape index (κ2) is 3.37. The van der Waals surface area contributed by atoms with Crippen molar-refractivity contribution in [2.45, 2.75) is 12.3 Å². The van der Waals surface area contributed by atoms with Crippen LogP contribution >= 0.6 is 23.5 Å². The van der Waals surface area contributed by atoms with Gasteiger partial charge in [-0.25, -0.2) is 0 Å². The molecular weight excluding hydrogens is 154 g/mol. The fourth-order valence-electron chi connectivity index (χ4n) is 0.644. The molecule has 1 rings (SSSR count). The summed E-state index contributed by atoms with van der Waals surface area (Å²) in [5, 5.41) is 4.33. The molecule has 1 heterocycles. The number of thioether (sulfide) groups is 2. The number of hydrogen-bond donors (Lipinski definition) is 1. The Balaban J connectivity index is 2.19. The predicted molar refractivity (Wildman–Crippen MR) is 42.5 cm³/mol. The molecule has 0 radical (unpaired) electrons. The minimum absolute atomic E-state index is 0.0787. The standard InChI is InChI=1S/C5H9NOS2/c1-4(7)6-5-2-8-3-9-5/h5H,2-3H2,1H3,(H,6,7). The number of amides is 1. The van der Waals surface area contributed by atoms with E-state index in [-0.39, 0.29) is 5.91 Å². The first kappa shape index (κ1) is 7.28. The van der Waals surface area contributed by atoms with Gasteiger partial charge in [0.1, 0.15) is 0 Å². The lowest BCUT2D eigenvalue weighted by Gasteiger charge is -2.06. The maximum atomic E-state index is 10.5.